The largest absolute Gasteiger partial charge is 0.382 e. The molecule has 1 saturated heterocycles. The summed E-state index contributed by atoms with van der Waals surface area (Å²) in [6, 6.07) is 13.1. The first-order valence-electron chi connectivity index (χ1n) is 9.65. The lowest BCUT2D eigenvalue weighted by Gasteiger charge is -2.30. The van der Waals surface area contributed by atoms with Crippen LogP contribution in [0.2, 0.25) is 5.02 Å². The van der Waals surface area contributed by atoms with Crippen LogP contribution in [0, 0.1) is 13.8 Å². The Hall–Kier alpha value is -1.95. The molecular formula is C22H25ClN4S. The molecule has 6 heteroatoms. The molecule has 3 aromatic rings. The average Bonchev–Trinajstić information content (AvgIpc) is 3.16. The van der Waals surface area contributed by atoms with Crippen molar-refractivity contribution in [2.24, 2.45) is 0 Å². The summed E-state index contributed by atoms with van der Waals surface area (Å²) in [5.74, 6) is 0. The third kappa shape index (κ3) is 4.37. The van der Waals surface area contributed by atoms with E-state index in [0.717, 1.165) is 44.8 Å². The first-order valence-corrected chi connectivity index (χ1v) is 10.8. The molecule has 0 radical (unpaired) electrons. The van der Waals surface area contributed by atoms with Crippen LogP contribution in [-0.4, -0.2) is 41.3 Å². The van der Waals surface area contributed by atoms with E-state index in [0.29, 0.717) is 6.04 Å². The van der Waals surface area contributed by atoms with Gasteiger partial charge in [0, 0.05) is 27.9 Å². The van der Waals surface area contributed by atoms with E-state index in [4.69, 9.17) is 11.6 Å². The average molecular weight is 413 g/mol. The van der Waals surface area contributed by atoms with Crippen LogP contribution in [0.4, 0.5) is 5.69 Å². The molecule has 4 rings (SSSR count). The van der Waals surface area contributed by atoms with Crippen LogP contribution < -0.4 is 5.32 Å². The summed E-state index contributed by atoms with van der Waals surface area (Å²) in [7, 11) is 2.19. The van der Waals surface area contributed by atoms with Crippen LogP contribution in [0.5, 0.6) is 0 Å². The topological polar surface area (TPSA) is 41.0 Å². The second kappa shape index (κ2) is 8.19. The molecule has 1 N–H and O–H groups in total. The lowest BCUT2D eigenvalue weighted by atomic mass is 10.0. The highest BCUT2D eigenvalue weighted by molar-refractivity contribution is 7.17. The summed E-state index contributed by atoms with van der Waals surface area (Å²) < 4.78 is 0. The molecule has 146 valence electrons. The summed E-state index contributed by atoms with van der Waals surface area (Å²) in [5.41, 5.74) is 5.58. The summed E-state index contributed by atoms with van der Waals surface area (Å²) >= 11 is 7.88. The van der Waals surface area contributed by atoms with E-state index >= 15 is 0 Å². The van der Waals surface area contributed by atoms with Crippen LogP contribution in [0.15, 0.2) is 36.4 Å². The minimum Gasteiger partial charge on any atom is -0.382 e. The molecule has 0 atom stereocenters. The molecule has 1 aromatic heterocycles. The molecule has 0 bridgehead atoms. The van der Waals surface area contributed by atoms with E-state index < -0.39 is 0 Å². The number of hydrogen-bond donors (Lipinski definition) is 1. The fraction of sp³-hybridized carbons (Fsp3) is 0.364. The van der Waals surface area contributed by atoms with Gasteiger partial charge in [-0.25, -0.2) is 0 Å². The zero-order chi connectivity index (χ0) is 19.7. The van der Waals surface area contributed by atoms with E-state index in [1.54, 1.807) is 11.3 Å². The number of halogens is 1. The number of benzene rings is 2. The number of piperidine rings is 1. The molecule has 0 saturated carbocycles. The van der Waals surface area contributed by atoms with Gasteiger partial charge in [-0.3, -0.25) is 0 Å². The minimum absolute atomic E-state index is 0.533. The lowest BCUT2D eigenvalue weighted by Crippen LogP contribution is -2.36. The Bertz CT molecular complexity index is 976. The van der Waals surface area contributed by atoms with Gasteiger partial charge in [0.05, 0.1) is 0 Å². The number of likely N-dealkylation sites (tertiary alicyclic amines) is 1. The Morgan fingerprint density at radius 2 is 1.71 bits per heavy atom. The van der Waals surface area contributed by atoms with Crippen molar-refractivity contribution < 1.29 is 0 Å². The zero-order valence-electron chi connectivity index (χ0n) is 16.5. The molecule has 4 nitrogen and oxygen atoms in total. The number of nitrogens with one attached hydrogen (secondary N) is 1. The molecule has 0 aliphatic carbocycles. The van der Waals surface area contributed by atoms with Gasteiger partial charge >= 0.3 is 0 Å². The standard InChI is InChI=1S/C22H25ClN4S/c1-14-10-17(12-19(11-14)24-18-6-8-27(3)9-7-18)22-26-25-21(28-22)16-5-4-15(2)20(23)13-16/h4-5,10-13,18,24H,6-9H2,1-3H3. The Balaban J connectivity index is 1.56. The molecule has 28 heavy (non-hydrogen) atoms. The Kier molecular flexibility index (Phi) is 5.67. The molecule has 2 heterocycles. The second-order valence-electron chi connectivity index (χ2n) is 7.69. The van der Waals surface area contributed by atoms with Crippen molar-refractivity contribution in [3.63, 3.8) is 0 Å². The van der Waals surface area contributed by atoms with Gasteiger partial charge in [-0.15, -0.1) is 10.2 Å². The third-order valence-corrected chi connectivity index (χ3v) is 6.69. The molecule has 0 spiro atoms. The highest BCUT2D eigenvalue weighted by Crippen LogP contribution is 2.33. The van der Waals surface area contributed by atoms with Gasteiger partial charge in [-0.2, -0.15) is 0 Å². The van der Waals surface area contributed by atoms with Gasteiger partial charge in [0.15, 0.2) is 0 Å². The second-order valence-corrected chi connectivity index (χ2v) is 9.07. The number of anilines is 1. The fourth-order valence-corrected chi connectivity index (χ4v) is 4.57. The fourth-order valence-electron chi connectivity index (χ4n) is 3.56. The normalized spacial score (nSPS) is 15.7. The Labute approximate surface area is 175 Å². The van der Waals surface area contributed by atoms with E-state index in [2.05, 4.69) is 58.7 Å². The smallest absolute Gasteiger partial charge is 0.148 e. The summed E-state index contributed by atoms with van der Waals surface area (Å²) in [5, 5.41) is 15.1. The number of hydrogen-bond acceptors (Lipinski definition) is 5. The Morgan fingerprint density at radius 3 is 2.43 bits per heavy atom. The van der Waals surface area contributed by atoms with Crippen LogP contribution in [0.3, 0.4) is 0 Å². The van der Waals surface area contributed by atoms with Crippen LogP contribution in [0.1, 0.15) is 24.0 Å². The summed E-state index contributed by atoms with van der Waals surface area (Å²) in [6.45, 7) is 6.43. The molecule has 0 amide bonds. The molecular weight excluding hydrogens is 388 g/mol. The number of nitrogens with zero attached hydrogens (tertiary/aromatic N) is 3. The van der Waals surface area contributed by atoms with Crippen molar-refractivity contribution in [3.8, 4) is 21.1 Å². The van der Waals surface area contributed by atoms with Gasteiger partial charge in [0.2, 0.25) is 0 Å². The SMILES string of the molecule is Cc1cc(NC2CCN(C)CC2)cc(-c2nnc(-c3ccc(C)c(Cl)c3)s2)c1. The van der Waals surface area contributed by atoms with E-state index in [9.17, 15) is 0 Å². The minimum atomic E-state index is 0.533. The van der Waals surface area contributed by atoms with Gasteiger partial charge in [0.1, 0.15) is 10.0 Å². The van der Waals surface area contributed by atoms with Gasteiger partial charge < -0.3 is 10.2 Å². The van der Waals surface area contributed by atoms with Crippen LogP contribution in [0.25, 0.3) is 21.1 Å². The molecule has 1 fully saturated rings. The highest BCUT2D eigenvalue weighted by Gasteiger charge is 2.17. The van der Waals surface area contributed by atoms with Crippen molar-refractivity contribution >= 4 is 28.6 Å². The maximum atomic E-state index is 6.28. The first kappa shape index (κ1) is 19.4. The monoisotopic (exact) mass is 412 g/mol. The third-order valence-electron chi connectivity index (χ3n) is 5.26. The maximum absolute atomic E-state index is 6.28. The Morgan fingerprint density at radius 1 is 1.00 bits per heavy atom. The van der Waals surface area contributed by atoms with E-state index in [1.807, 2.05) is 19.1 Å². The predicted octanol–water partition coefficient (Wildman–Crippen LogP) is 5.65. The lowest BCUT2D eigenvalue weighted by molar-refractivity contribution is 0.264. The van der Waals surface area contributed by atoms with Gasteiger partial charge in [-0.05, 0) is 82.2 Å². The number of aryl methyl sites for hydroxylation is 2. The predicted molar refractivity (Wildman–Crippen MR) is 119 cm³/mol. The molecule has 0 unspecified atom stereocenters. The highest BCUT2D eigenvalue weighted by atomic mass is 35.5. The zero-order valence-corrected chi connectivity index (χ0v) is 18.1. The van der Waals surface area contributed by atoms with Gasteiger partial charge in [-0.1, -0.05) is 35.1 Å². The van der Waals surface area contributed by atoms with E-state index in [1.165, 1.54) is 24.1 Å². The quantitative estimate of drug-likeness (QED) is 0.601. The maximum Gasteiger partial charge on any atom is 0.148 e. The van der Waals surface area contributed by atoms with Crippen molar-refractivity contribution in [1.82, 2.24) is 15.1 Å². The van der Waals surface area contributed by atoms with Gasteiger partial charge in [0.25, 0.3) is 0 Å². The van der Waals surface area contributed by atoms with Crippen molar-refractivity contribution in [1.29, 1.82) is 0 Å². The number of rotatable bonds is 4. The summed E-state index contributed by atoms with van der Waals surface area (Å²) in [4.78, 5) is 2.39. The molecule has 2 aromatic carbocycles. The summed E-state index contributed by atoms with van der Waals surface area (Å²) in [6.07, 6.45) is 2.35. The van der Waals surface area contributed by atoms with Crippen LogP contribution >= 0.6 is 22.9 Å². The van der Waals surface area contributed by atoms with E-state index in [-0.39, 0.29) is 0 Å². The van der Waals surface area contributed by atoms with Crippen molar-refractivity contribution in [2.45, 2.75) is 32.7 Å². The first-order chi connectivity index (χ1) is 13.5. The van der Waals surface area contributed by atoms with Crippen LogP contribution in [-0.2, 0) is 0 Å². The number of aromatic nitrogens is 2. The van der Waals surface area contributed by atoms with Crippen molar-refractivity contribution in [2.75, 3.05) is 25.5 Å². The molecule has 1 aliphatic rings. The molecule has 1 aliphatic heterocycles. The van der Waals surface area contributed by atoms with Crippen molar-refractivity contribution in [3.05, 3.63) is 52.5 Å².